The zero-order valence-electron chi connectivity index (χ0n) is 54.4. The molecule has 1 unspecified atom stereocenters. The Labute approximate surface area is 563 Å². The minimum atomic E-state index is -1.29. The van der Waals surface area contributed by atoms with E-state index in [1.54, 1.807) is 65.8 Å². The van der Waals surface area contributed by atoms with Crippen LogP contribution in [0.3, 0.4) is 0 Å². The molecular formula is C63H85N19O16. The van der Waals surface area contributed by atoms with Crippen LogP contribution in [0.25, 0.3) is 11.2 Å². The third-order valence-electron chi connectivity index (χ3n) is 16.1. The average Bonchev–Trinajstić information content (AvgIpc) is 0.820. The number of benzene rings is 3. The molecule has 98 heavy (non-hydrogen) atoms. The van der Waals surface area contributed by atoms with Gasteiger partial charge in [-0.25, -0.2) is 9.97 Å². The fourth-order valence-electron chi connectivity index (χ4n) is 10.8. The maximum absolute atomic E-state index is 14.2. The highest BCUT2D eigenvalue weighted by Crippen LogP contribution is 2.19. The molecule has 0 aliphatic carbocycles. The molecule has 35 heteroatoms. The molecule has 0 radical (unpaired) electrons. The topological polar surface area (TPSA) is 467 Å². The van der Waals surface area contributed by atoms with Gasteiger partial charge >= 0.3 is 29.8 Å². The lowest BCUT2D eigenvalue weighted by Crippen LogP contribution is -2.49. The Balaban J connectivity index is 0.978. The number of carboxylic acid groups (broad SMARTS) is 5. The number of fused-ring (bicyclic) bond motifs is 1. The number of aromatic amines is 1. The number of aromatic nitrogens is 4. The number of anilines is 6. The molecule has 35 nitrogen and oxygen atoms in total. The normalized spacial score (nSPS) is 16.3. The summed E-state index contributed by atoms with van der Waals surface area (Å²) in [5, 5.41) is 65.0. The molecule has 528 valence electrons. The number of amides is 5. The van der Waals surface area contributed by atoms with Gasteiger partial charge in [0.25, 0.3) is 11.5 Å². The van der Waals surface area contributed by atoms with E-state index in [-0.39, 0.29) is 152 Å². The second kappa shape index (κ2) is 38.0. The quantitative estimate of drug-likeness (QED) is 0.0280. The highest BCUT2D eigenvalue weighted by Gasteiger charge is 2.26. The molecule has 2 aromatic heterocycles. The number of nitrogen functional groups attached to an aromatic ring is 1. The van der Waals surface area contributed by atoms with Crippen molar-refractivity contribution in [2.75, 3.05) is 189 Å². The Morgan fingerprint density at radius 2 is 0.816 bits per heavy atom. The van der Waals surface area contributed by atoms with E-state index in [1.807, 2.05) is 11.8 Å². The van der Waals surface area contributed by atoms with Gasteiger partial charge in [-0.1, -0.05) is 6.92 Å². The van der Waals surface area contributed by atoms with Crippen LogP contribution in [0, 0.1) is 0 Å². The summed E-state index contributed by atoms with van der Waals surface area (Å²) in [7, 11) is 0. The van der Waals surface area contributed by atoms with E-state index < -0.39 is 65.1 Å². The fraction of sp³-hybridized carbons (Fsp3) is 0.460. The van der Waals surface area contributed by atoms with Crippen molar-refractivity contribution in [1.29, 1.82) is 0 Å². The lowest BCUT2D eigenvalue weighted by Gasteiger charge is -2.33. The van der Waals surface area contributed by atoms with Gasteiger partial charge in [0.2, 0.25) is 29.6 Å². The number of carboxylic acids is 5. The molecule has 3 aromatic carbocycles. The standard InChI is InChI=1S/C63H85N19O16/c1-2-75-17-19-76(21-24-79(38-54(88)89)28-27-78(20-18-75)37-53(86)87)35-51(84)68-45-9-7-44(8-10-45)67-50(83)16-15-49(72-60(96)42-3-5-43(6-4-42)65-33-48-34-66-59-58(70-48)62(98)74-63(64)73-59)61(97)71-47-13-11-46(12-14-47)69-52(85)36-77-22-25-80(39-55(90)91)29-31-82(41-57(94)95)32-30-81(26-23-77)40-56(92)93/h3-14,34,49,65H,2,15-33,35-41H2,1H3,(H,67,83)(H,68,84)(H,69,85)(H,71,97)(H,72,96)(H,86,87)(H,88,89)(H,90,91)(H,92,93)(H,94,95)(H3,64,66,73,74,98). The number of aliphatic carboxylic acids is 5. The zero-order chi connectivity index (χ0) is 70.7. The Kier molecular flexibility index (Phi) is 29.2. The van der Waals surface area contributed by atoms with Crippen LogP contribution in [0.2, 0.25) is 0 Å². The predicted molar refractivity (Wildman–Crippen MR) is 359 cm³/mol. The van der Waals surface area contributed by atoms with Crippen LogP contribution in [0.1, 0.15) is 35.8 Å². The minimum absolute atomic E-state index is 0.000407. The van der Waals surface area contributed by atoms with Crippen LogP contribution in [0.4, 0.5) is 34.4 Å². The van der Waals surface area contributed by atoms with E-state index in [4.69, 9.17) is 5.73 Å². The lowest BCUT2D eigenvalue weighted by atomic mass is 10.1. The van der Waals surface area contributed by atoms with Gasteiger partial charge in [0, 0.05) is 145 Å². The SMILES string of the molecule is CCN1CCN(CC(=O)O)CCN(CC(=O)O)CCN(CC(=O)Nc2ccc(NC(=O)CCC(NC(=O)c3ccc(NCc4cnc5nc(N)[nH]c(=O)c5n4)cc3)C(=O)Nc3ccc(NC(=O)CN4CCN(CC(=O)O)CCN(CC(=O)O)CCN(CC(=O)O)CC4)cc3)cc2)CC1. The number of nitrogens with one attached hydrogen (secondary N) is 7. The molecule has 5 amide bonds. The summed E-state index contributed by atoms with van der Waals surface area (Å²) in [5.41, 5.74) is 7.68. The van der Waals surface area contributed by atoms with Gasteiger partial charge in [0.15, 0.2) is 11.2 Å². The van der Waals surface area contributed by atoms with Crippen molar-refractivity contribution in [3.8, 4) is 0 Å². The predicted octanol–water partition coefficient (Wildman–Crippen LogP) is -1.17. The minimum Gasteiger partial charge on any atom is -0.480 e. The Morgan fingerprint density at radius 3 is 1.19 bits per heavy atom. The summed E-state index contributed by atoms with van der Waals surface area (Å²) in [4.78, 5) is 169. The third-order valence-corrected chi connectivity index (χ3v) is 16.1. The van der Waals surface area contributed by atoms with Gasteiger partial charge in [-0.15, -0.1) is 0 Å². The molecule has 2 aliphatic heterocycles. The highest BCUT2D eigenvalue weighted by molar-refractivity contribution is 6.02. The Morgan fingerprint density at radius 1 is 0.469 bits per heavy atom. The van der Waals surface area contributed by atoms with Gasteiger partial charge in [0.1, 0.15) is 6.04 Å². The van der Waals surface area contributed by atoms with E-state index in [1.165, 1.54) is 42.6 Å². The Bertz CT molecular complexity index is 3590. The number of carbonyl (C=O) groups is 10. The van der Waals surface area contributed by atoms with Crippen LogP contribution in [-0.2, 0) is 49.7 Å². The molecule has 7 rings (SSSR count). The maximum Gasteiger partial charge on any atom is 0.317 e. The van der Waals surface area contributed by atoms with Gasteiger partial charge in [-0.3, -0.25) is 92.0 Å². The van der Waals surface area contributed by atoms with E-state index in [0.29, 0.717) is 87.3 Å². The number of hydrogen-bond acceptors (Lipinski definition) is 24. The number of H-pyrrole nitrogens is 1. The van der Waals surface area contributed by atoms with Gasteiger partial charge < -0.3 is 68.1 Å². The summed E-state index contributed by atoms with van der Waals surface area (Å²) in [6, 6.07) is 17.4. The van der Waals surface area contributed by atoms with Crippen molar-refractivity contribution in [1.82, 2.24) is 64.5 Å². The summed E-state index contributed by atoms with van der Waals surface area (Å²) >= 11 is 0. The van der Waals surface area contributed by atoms with Crippen LogP contribution in [0.15, 0.2) is 83.8 Å². The van der Waals surface area contributed by atoms with Crippen molar-refractivity contribution < 1.29 is 73.5 Å². The van der Waals surface area contributed by atoms with Crippen LogP contribution in [0.5, 0.6) is 0 Å². The second-order valence-electron chi connectivity index (χ2n) is 23.6. The first-order chi connectivity index (χ1) is 46.9. The van der Waals surface area contributed by atoms with E-state index >= 15 is 0 Å². The average molecular weight is 1360 g/mol. The number of nitrogens with zero attached hydrogens (tertiary/aromatic N) is 11. The first-order valence-electron chi connectivity index (χ1n) is 31.8. The van der Waals surface area contributed by atoms with Gasteiger partial charge in [-0.05, 0) is 85.8 Å². The highest BCUT2D eigenvalue weighted by atomic mass is 16.4. The molecule has 1 atom stereocenters. The van der Waals surface area contributed by atoms with Crippen LogP contribution >= 0.6 is 0 Å². The van der Waals surface area contributed by atoms with Gasteiger partial charge in [0.05, 0.1) is 64.2 Å². The molecule has 2 saturated heterocycles. The lowest BCUT2D eigenvalue weighted by molar-refractivity contribution is -0.140. The summed E-state index contributed by atoms with van der Waals surface area (Å²) < 4.78 is 0. The second-order valence-corrected chi connectivity index (χ2v) is 23.6. The molecule has 0 saturated carbocycles. The van der Waals surface area contributed by atoms with Crippen molar-refractivity contribution in [2.45, 2.75) is 32.4 Å². The van der Waals surface area contributed by atoms with Gasteiger partial charge in [-0.2, -0.15) is 4.98 Å². The first-order valence-corrected chi connectivity index (χ1v) is 31.8. The van der Waals surface area contributed by atoms with E-state index in [9.17, 15) is 78.3 Å². The van der Waals surface area contributed by atoms with Crippen LogP contribution in [-0.4, -0.2) is 307 Å². The number of carbonyl (C=O) groups excluding carboxylic acids is 5. The molecule has 2 fully saturated rings. The molecule has 0 bridgehead atoms. The number of nitrogens with two attached hydrogens (primary N) is 1. The molecule has 5 aromatic rings. The van der Waals surface area contributed by atoms with Crippen molar-refractivity contribution in [3.05, 3.63) is 101 Å². The number of hydrogen-bond donors (Lipinski definition) is 13. The first kappa shape index (κ1) is 75.2. The largest absolute Gasteiger partial charge is 0.480 e. The third kappa shape index (κ3) is 26.5. The monoisotopic (exact) mass is 1360 g/mol. The summed E-state index contributed by atoms with van der Waals surface area (Å²) in [5.74, 6) is -7.99. The summed E-state index contributed by atoms with van der Waals surface area (Å²) in [6.07, 6.45) is 0.991. The number of likely N-dealkylation sites (N-methyl/N-ethyl adjacent to an activating group) is 1. The van der Waals surface area contributed by atoms with E-state index in [2.05, 4.69) is 56.7 Å². The zero-order valence-corrected chi connectivity index (χ0v) is 54.4. The van der Waals surface area contributed by atoms with E-state index in [0.717, 1.165) is 0 Å². The molecule has 0 spiro atoms. The molecule has 14 N–H and O–H groups in total. The fourth-order valence-corrected chi connectivity index (χ4v) is 10.8. The number of rotatable bonds is 28. The van der Waals surface area contributed by atoms with Crippen molar-refractivity contribution in [2.24, 2.45) is 0 Å². The molecular weight excluding hydrogens is 1280 g/mol. The van der Waals surface area contributed by atoms with Crippen molar-refractivity contribution in [3.63, 3.8) is 0 Å². The van der Waals surface area contributed by atoms with Crippen molar-refractivity contribution >= 4 is 105 Å². The summed E-state index contributed by atoms with van der Waals surface area (Å²) in [6.45, 7) is 6.43. The molecule has 2 aliphatic rings. The smallest absolute Gasteiger partial charge is 0.317 e. The maximum atomic E-state index is 14.2. The Hall–Kier alpha value is -10.1. The van der Waals surface area contributed by atoms with Crippen LogP contribution < -0.4 is 43.2 Å². The molecule has 4 heterocycles.